The van der Waals surface area contributed by atoms with Crippen LogP contribution in [-0.4, -0.2) is 24.9 Å². The van der Waals surface area contributed by atoms with Gasteiger partial charge in [-0.15, -0.1) is 0 Å². The van der Waals surface area contributed by atoms with E-state index in [1.807, 2.05) is 23.7 Å². The molecule has 4 N–H and O–H groups in total. The van der Waals surface area contributed by atoms with Crippen LogP contribution in [0.3, 0.4) is 0 Å². The van der Waals surface area contributed by atoms with Gasteiger partial charge < -0.3 is 15.0 Å². The molecule has 0 fully saturated rings. The van der Waals surface area contributed by atoms with Gasteiger partial charge in [-0.2, -0.15) is 0 Å². The first kappa shape index (κ1) is 16.5. The molecule has 0 saturated carbocycles. The summed E-state index contributed by atoms with van der Waals surface area (Å²) in [7, 11) is -1.30. The van der Waals surface area contributed by atoms with Crippen LogP contribution in [0.1, 0.15) is 17.7 Å². The molecule has 0 amide bonds. The molecule has 0 aromatic carbocycles. The van der Waals surface area contributed by atoms with E-state index in [9.17, 15) is 9.32 Å². The predicted molar refractivity (Wildman–Crippen MR) is 93.1 cm³/mol. The summed E-state index contributed by atoms with van der Waals surface area (Å²) in [5.41, 5.74) is 2.82. The van der Waals surface area contributed by atoms with Gasteiger partial charge in [-0.25, -0.2) is 13.7 Å². The van der Waals surface area contributed by atoms with Gasteiger partial charge in [-0.1, -0.05) is 6.58 Å². The number of aryl methyl sites for hydroxylation is 1. The summed E-state index contributed by atoms with van der Waals surface area (Å²) in [5.74, 6) is -0.0824. The maximum absolute atomic E-state index is 12.8. The van der Waals surface area contributed by atoms with E-state index in [4.69, 9.17) is 4.78 Å². The van der Waals surface area contributed by atoms with Gasteiger partial charge in [0.2, 0.25) is 0 Å². The van der Waals surface area contributed by atoms with E-state index in [0.29, 0.717) is 24.3 Å². The number of pyridine rings is 1. The zero-order valence-electron chi connectivity index (χ0n) is 13.5. The number of rotatable bonds is 4. The lowest BCUT2D eigenvalue weighted by Gasteiger charge is -2.15. The zero-order chi connectivity index (χ0) is 17.3. The molecular formula is C16H21N5O2S. The fraction of sp³-hybridized carbons (Fsp3) is 0.312. The van der Waals surface area contributed by atoms with Crippen molar-refractivity contribution in [2.24, 2.45) is 7.05 Å². The van der Waals surface area contributed by atoms with Crippen LogP contribution in [0.4, 0.5) is 5.69 Å². The molecule has 2 aromatic heterocycles. The van der Waals surface area contributed by atoms with E-state index < -0.39 is 16.0 Å². The summed E-state index contributed by atoms with van der Waals surface area (Å²) < 4.78 is 25.6. The number of fused-ring (bicyclic) bond motifs is 1. The Morgan fingerprint density at radius 1 is 1.58 bits per heavy atom. The van der Waals surface area contributed by atoms with Crippen LogP contribution in [0.15, 0.2) is 48.0 Å². The first-order valence-electron chi connectivity index (χ1n) is 7.63. The summed E-state index contributed by atoms with van der Waals surface area (Å²) in [6.07, 6.45) is 6.34. The molecule has 7 nitrogen and oxygen atoms in total. The maximum atomic E-state index is 12.8. The molecule has 1 aliphatic heterocycles. The van der Waals surface area contributed by atoms with Gasteiger partial charge in [0.1, 0.15) is 15.7 Å². The van der Waals surface area contributed by atoms with Gasteiger partial charge in [-0.3, -0.25) is 4.98 Å². The Labute approximate surface area is 141 Å². The molecular weight excluding hydrogens is 326 g/mol. The van der Waals surface area contributed by atoms with Crippen molar-refractivity contribution >= 4 is 15.6 Å². The lowest BCUT2D eigenvalue weighted by molar-refractivity contribution is 0.353. The van der Waals surface area contributed by atoms with Gasteiger partial charge >= 0.3 is 0 Å². The molecule has 8 heteroatoms. The van der Waals surface area contributed by atoms with Gasteiger partial charge in [0.05, 0.1) is 17.5 Å². The van der Waals surface area contributed by atoms with Crippen LogP contribution in [0.5, 0.6) is 0 Å². The Balaban J connectivity index is 1.92. The van der Waals surface area contributed by atoms with E-state index in [1.54, 1.807) is 18.6 Å². The van der Waals surface area contributed by atoms with Crippen molar-refractivity contribution in [3.05, 3.63) is 54.3 Å². The molecule has 128 valence electrons. The van der Waals surface area contributed by atoms with E-state index in [1.165, 1.54) is 0 Å². The molecule has 2 atom stereocenters. The monoisotopic (exact) mass is 347 g/mol. The van der Waals surface area contributed by atoms with Crippen molar-refractivity contribution in [2.45, 2.75) is 30.3 Å². The van der Waals surface area contributed by atoms with Crippen molar-refractivity contribution in [3.63, 3.8) is 0 Å². The Morgan fingerprint density at radius 3 is 2.96 bits per heavy atom. The standard InChI is InChI=1S/C16H21N5O2S/c1-11(22)14-4-3-13-15(9-19-12-5-7-18-8-6-12)21(2)10-16(13)24(17,23)20-14/h5-8,10,14,22H,1,3-4,9H2,2H3,(H,18,19)(H2,17,20,23)/t14-,24?/m1/s1. The summed E-state index contributed by atoms with van der Waals surface area (Å²) in [5, 5.41) is 13.0. The lowest BCUT2D eigenvalue weighted by Crippen LogP contribution is -2.33. The van der Waals surface area contributed by atoms with Crippen LogP contribution in [0.25, 0.3) is 0 Å². The van der Waals surface area contributed by atoms with Crippen molar-refractivity contribution in [2.75, 3.05) is 5.32 Å². The van der Waals surface area contributed by atoms with Crippen molar-refractivity contribution in [3.8, 4) is 0 Å². The Bertz CT molecular complexity index is 858. The number of aliphatic hydroxyl groups excluding tert-OH is 1. The summed E-state index contributed by atoms with van der Waals surface area (Å²) in [6, 6.07) is 3.22. The van der Waals surface area contributed by atoms with Crippen molar-refractivity contribution in [1.82, 2.24) is 14.3 Å². The highest BCUT2D eigenvalue weighted by Crippen LogP contribution is 2.29. The second-order valence-corrected chi connectivity index (χ2v) is 7.66. The highest BCUT2D eigenvalue weighted by atomic mass is 32.2. The largest absolute Gasteiger partial charge is 0.511 e. The number of aliphatic hydroxyl groups is 1. The summed E-state index contributed by atoms with van der Waals surface area (Å²) >= 11 is 0. The number of nitrogens with zero attached hydrogens (tertiary/aromatic N) is 2. The van der Waals surface area contributed by atoms with Crippen molar-refractivity contribution < 1.29 is 9.32 Å². The van der Waals surface area contributed by atoms with E-state index in [2.05, 4.69) is 21.6 Å². The van der Waals surface area contributed by atoms with Crippen LogP contribution < -0.4 is 10.0 Å². The number of anilines is 1. The molecule has 0 radical (unpaired) electrons. The minimum absolute atomic E-state index is 0.0824. The summed E-state index contributed by atoms with van der Waals surface area (Å²) in [4.78, 5) is 4.47. The third kappa shape index (κ3) is 3.15. The molecule has 2 aromatic rings. The molecule has 0 saturated heterocycles. The Morgan fingerprint density at radius 2 is 2.29 bits per heavy atom. The first-order chi connectivity index (χ1) is 11.4. The van der Waals surface area contributed by atoms with Crippen LogP contribution in [0, 0.1) is 4.78 Å². The molecule has 3 rings (SSSR count). The number of aromatic nitrogens is 2. The van der Waals surface area contributed by atoms with Crippen molar-refractivity contribution in [1.29, 1.82) is 4.78 Å². The molecule has 1 aliphatic rings. The highest BCUT2D eigenvalue weighted by molar-refractivity contribution is 7.90. The number of nitrogens with one attached hydrogen (secondary N) is 3. The molecule has 1 unspecified atom stereocenters. The topological polar surface area (TPSA) is 103 Å². The Hall–Kier alpha value is -2.32. The fourth-order valence-corrected chi connectivity index (χ4v) is 4.59. The molecule has 0 bridgehead atoms. The van der Waals surface area contributed by atoms with Gasteiger partial charge in [0.15, 0.2) is 0 Å². The van der Waals surface area contributed by atoms with Crippen LogP contribution >= 0.6 is 0 Å². The average molecular weight is 347 g/mol. The molecule has 0 spiro atoms. The maximum Gasteiger partial charge on any atom is 0.137 e. The lowest BCUT2D eigenvalue weighted by atomic mass is 10.0. The predicted octanol–water partition coefficient (Wildman–Crippen LogP) is 2.33. The van der Waals surface area contributed by atoms with Gasteiger partial charge in [-0.05, 0) is 30.5 Å². The third-order valence-electron chi connectivity index (χ3n) is 4.23. The second-order valence-electron chi connectivity index (χ2n) is 5.88. The first-order valence-corrected chi connectivity index (χ1v) is 9.19. The molecule has 3 heterocycles. The van der Waals surface area contributed by atoms with Crippen LogP contribution in [-0.2, 0) is 29.9 Å². The third-order valence-corrected chi connectivity index (χ3v) is 5.81. The molecule has 0 aliphatic carbocycles. The second kappa shape index (κ2) is 6.29. The Kier molecular flexibility index (Phi) is 4.33. The van der Waals surface area contributed by atoms with Gasteiger partial charge in [0, 0.05) is 37.0 Å². The summed E-state index contributed by atoms with van der Waals surface area (Å²) in [6.45, 7) is 4.06. The number of hydrogen-bond acceptors (Lipinski definition) is 5. The molecule has 24 heavy (non-hydrogen) atoms. The normalized spacial score (nSPS) is 23.3. The smallest absolute Gasteiger partial charge is 0.137 e. The highest BCUT2D eigenvalue weighted by Gasteiger charge is 2.29. The quantitative estimate of drug-likeness (QED) is 0.637. The SMILES string of the molecule is C=C(O)[C@H]1CCc2c(cn(C)c2CNc2ccncc2)S(=N)(=O)N1. The van der Waals surface area contributed by atoms with E-state index >= 15 is 0 Å². The zero-order valence-corrected chi connectivity index (χ0v) is 14.3. The number of hydrogen-bond donors (Lipinski definition) is 4. The minimum atomic E-state index is -3.19. The van der Waals surface area contributed by atoms with E-state index in [0.717, 1.165) is 16.9 Å². The average Bonchev–Trinajstić information content (AvgIpc) is 2.80. The van der Waals surface area contributed by atoms with E-state index in [-0.39, 0.29) is 5.76 Å². The van der Waals surface area contributed by atoms with Gasteiger partial charge in [0.25, 0.3) is 0 Å². The minimum Gasteiger partial charge on any atom is -0.511 e. The fourth-order valence-electron chi connectivity index (χ4n) is 2.94. The van der Waals surface area contributed by atoms with Crippen LogP contribution in [0.2, 0.25) is 0 Å².